The molecule has 0 unspecified atom stereocenters. The Morgan fingerprint density at radius 3 is 1.52 bits per heavy atom. The summed E-state index contributed by atoms with van der Waals surface area (Å²) in [7, 11) is 0. The minimum Gasteiger partial charge on any atom is -0.338 e. The summed E-state index contributed by atoms with van der Waals surface area (Å²) in [6.45, 7) is 13.4. The Bertz CT molecular complexity index is 834. The summed E-state index contributed by atoms with van der Waals surface area (Å²) in [6.07, 6.45) is 11.5. The van der Waals surface area contributed by atoms with Gasteiger partial charge in [-0.2, -0.15) is 0 Å². The van der Waals surface area contributed by atoms with Gasteiger partial charge in [0.2, 0.25) is 6.67 Å². The molecule has 0 saturated carbocycles. The quantitative estimate of drug-likeness (QED) is 0.763. The number of hydrogen-bond donors (Lipinski definition) is 0. The fourth-order valence-electron chi connectivity index (χ4n) is 3.63. The van der Waals surface area contributed by atoms with E-state index in [0.717, 1.165) is 35.6 Å². The summed E-state index contributed by atoms with van der Waals surface area (Å²) in [5.74, 6) is 5.64. The van der Waals surface area contributed by atoms with Crippen LogP contribution in [-0.4, -0.2) is 13.1 Å². The summed E-state index contributed by atoms with van der Waals surface area (Å²) >= 11 is 0. The largest absolute Gasteiger partial charge is 0.338 e. The SMILES string of the molecule is C#Cc1cc(C)cc(C)c1N1[C]N(c2c(C)cc(C)cc2C#C)CC1. The van der Waals surface area contributed by atoms with Crippen LogP contribution in [0.15, 0.2) is 24.3 Å². The van der Waals surface area contributed by atoms with Crippen molar-refractivity contribution in [1.82, 2.24) is 0 Å². The second-order valence-corrected chi connectivity index (χ2v) is 6.65. The van der Waals surface area contributed by atoms with Gasteiger partial charge in [0, 0.05) is 24.2 Å². The maximum absolute atomic E-state index is 5.74. The molecule has 1 heterocycles. The zero-order chi connectivity index (χ0) is 18.1. The van der Waals surface area contributed by atoms with E-state index in [1.54, 1.807) is 0 Å². The third kappa shape index (κ3) is 3.09. The highest BCUT2D eigenvalue weighted by Crippen LogP contribution is 2.34. The van der Waals surface area contributed by atoms with Crippen molar-refractivity contribution in [3.8, 4) is 24.7 Å². The molecule has 1 fully saturated rings. The summed E-state index contributed by atoms with van der Waals surface area (Å²) in [4.78, 5) is 4.23. The van der Waals surface area contributed by atoms with Crippen LogP contribution in [-0.2, 0) is 0 Å². The van der Waals surface area contributed by atoms with E-state index in [4.69, 9.17) is 12.8 Å². The maximum atomic E-state index is 5.74. The van der Waals surface area contributed by atoms with Gasteiger partial charge in [-0.05, 0) is 62.1 Å². The molecule has 2 aromatic rings. The Balaban J connectivity index is 1.97. The van der Waals surface area contributed by atoms with E-state index < -0.39 is 0 Å². The van der Waals surface area contributed by atoms with Gasteiger partial charge in [0.05, 0.1) is 11.4 Å². The molecule has 0 spiro atoms. The molecule has 2 heteroatoms. The van der Waals surface area contributed by atoms with Gasteiger partial charge in [0.1, 0.15) is 0 Å². The summed E-state index contributed by atoms with van der Waals surface area (Å²) < 4.78 is 0. The van der Waals surface area contributed by atoms with Crippen LogP contribution in [0.2, 0.25) is 0 Å². The van der Waals surface area contributed by atoms with Crippen LogP contribution in [0.3, 0.4) is 0 Å². The highest BCUT2D eigenvalue weighted by Gasteiger charge is 2.27. The minimum absolute atomic E-state index is 0.829. The van der Waals surface area contributed by atoms with E-state index in [-0.39, 0.29) is 0 Å². The van der Waals surface area contributed by atoms with E-state index in [9.17, 15) is 0 Å². The fourth-order valence-corrected chi connectivity index (χ4v) is 3.63. The Kier molecular flexibility index (Phi) is 4.47. The molecule has 1 aliphatic heterocycles. The molecule has 2 nitrogen and oxygen atoms in total. The highest BCUT2D eigenvalue weighted by atomic mass is 15.4. The van der Waals surface area contributed by atoms with Gasteiger partial charge >= 0.3 is 0 Å². The molecule has 1 aliphatic rings. The number of benzene rings is 2. The number of anilines is 2. The standard InChI is InChI=1S/C23H22N2/c1-7-20-13-16(3)11-18(5)22(20)24-9-10-25(15-24)23-19(6)12-17(4)14-21(23)8-2/h1-2,11-14H,9-10H2,3-6H3. The van der Waals surface area contributed by atoms with Crippen molar-refractivity contribution >= 4 is 11.4 Å². The van der Waals surface area contributed by atoms with Gasteiger partial charge in [-0.25, -0.2) is 0 Å². The lowest BCUT2D eigenvalue weighted by Gasteiger charge is -2.24. The molecule has 2 radical (unpaired) electrons. The predicted molar refractivity (Wildman–Crippen MR) is 106 cm³/mol. The zero-order valence-electron chi connectivity index (χ0n) is 15.3. The summed E-state index contributed by atoms with van der Waals surface area (Å²) in [5, 5.41) is 0. The summed E-state index contributed by atoms with van der Waals surface area (Å²) in [6, 6.07) is 8.42. The predicted octanol–water partition coefficient (Wildman–Crippen LogP) is 4.21. The molecular weight excluding hydrogens is 304 g/mol. The van der Waals surface area contributed by atoms with Gasteiger partial charge in [-0.15, -0.1) is 12.8 Å². The normalized spacial score (nSPS) is 13.7. The lowest BCUT2D eigenvalue weighted by Crippen LogP contribution is -2.21. The third-order valence-corrected chi connectivity index (χ3v) is 4.53. The van der Waals surface area contributed by atoms with Crippen molar-refractivity contribution in [3.63, 3.8) is 0 Å². The van der Waals surface area contributed by atoms with E-state index in [1.807, 2.05) is 0 Å². The van der Waals surface area contributed by atoms with Crippen molar-refractivity contribution in [3.05, 3.63) is 64.3 Å². The highest BCUT2D eigenvalue weighted by molar-refractivity contribution is 5.73. The first-order valence-electron chi connectivity index (χ1n) is 8.41. The molecule has 0 N–H and O–H groups in total. The Morgan fingerprint density at radius 2 is 1.16 bits per heavy atom. The van der Waals surface area contributed by atoms with Crippen molar-refractivity contribution in [2.45, 2.75) is 27.7 Å². The van der Waals surface area contributed by atoms with Gasteiger partial charge in [0.15, 0.2) is 0 Å². The lowest BCUT2D eigenvalue weighted by atomic mass is 10.0. The summed E-state index contributed by atoms with van der Waals surface area (Å²) in [5.41, 5.74) is 8.61. The van der Waals surface area contributed by atoms with Crippen LogP contribution >= 0.6 is 0 Å². The fraction of sp³-hybridized carbons (Fsp3) is 0.261. The van der Waals surface area contributed by atoms with Crippen molar-refractivity contribution in [2.24, 2.45) is 0 Å². The molecule has 124 valence electrons. The Labute approximate surface area is 151 Å². The molecule has 0 aliphatic carbocycles. The van der Waals surface area contributed by atoms with Crippen LogP contribution in [0.5, 0.6) is 0 Å². The number of terminal acetylenes is 2. The average molecular weight is 326 g/mol. The van der Waals surface area contributed by atoms with Crippen molar-refractivity contribution < 1.29 is 0 Å². The first-order chi connectivity index (χ1) is 11.9. The first kappa shape index (κ1) is 17.0. The van der Waals surface area contributed by atoms with Gasteiger partial charge in [0.25, 0.3) is 0 Å². The second-order valence-electron chi connectivity index (χ2n) is 6.65. The van der Waals surface area contributed by atoms with E-state index in [0.29, 0.717) is 0 Å². The van der Waals surface area contributed by atoms with Crippen LogP contribution in [0.4, 0.5) is 11.4 Å². The molecular formula is C23H22N2. The van der Waals surface area contributed by atoms with E-state index in [2.05, 4.69) is 80.3 Å². The second kappa shape index (κ2) is 6.58. The number of rotatable bonds is 2. The van der Waals surface area contributed by atoms with Crippen molar-refractivity contribution in [2.75, 3.05) is 22.9 Å². The molecule has 2 aromatic carbocycles. The third-order valence-electron chi connectivity index (χ3n) is 4.53. The Hall–Kier alpha value is -2.84. The molecule has 0 atom stereocenters. The molecule has 3 rings (SSSR count). The first-order valence-corrected chi connectivity index (χ1v) is 8.41. The van der Waals surface area contributed by atoms with Crippen molar-refractivity contribution in [1.29, 1.82) is 0 Å². The molecule has 1 saturated heterocycles. The zero-order valence-corrected chi connectivity index (χ0v) is 15.3. The number of aryl methyl sites for hydroxylation is 4. The van der Waals surface area contributed by atoms with Crippen LogP contribution in [0.25, 0.3) is 0 Å². The number of hydrogen-bond acceptors (Lipinski definition) is 2. The Morgan fingerprint density at radius 1 is 0.760 bits per heavy atom. The minimum atomic E-state index is 0.829. The van der Waals surface area contributed by atoms with Gasteiger partial charge in [-0.1, -0.05) is 24.0 Å². The monoisotopic (exact) mass is 326 g/mol. The topological polar surface area (TPSA) is 6.48 Å². The smallest absolute Gasteiger partial charge is 0.208 e. The lowest BCUT2D eigenvalue weighted by molar-refractivity contribution is 1.01. The average Bonchev–Trinajstić information content (AvgIpc) is 3.01. The molecule has 0 amide bonds. The molecule has 0 bridgehead atoms. The molecule has 0 aromatic heterocycles. The van der Waals surface area contributed by atoms with Crippen LogP contribution < -0.4 is 9.80 Å². The van der Waals surface area contributed by atoms with Gasteiger partial charge < -0.3 is 9.80 Å². The van der Waals surface area contributed by atoms with Crippen LogP contribution in [0, 0.1) is 59.1 Å². The van der Waals surface area contributed by atoms with Gasteiger partial charge in [-0.3, -0.25) is 0 Å². The van der Waals surface area contributed by atoms with E-state index in [1.165, 1.54) is 22.3 Å². The van der Waals surface area contributed by atoms with E-state index >= 15 is 0 Å². The maximum Gasteiger partial charge on any atom is 0.208 e. The van der Waals surface area contributed by atoms with Crippen LogP contribution in [0.1, 0.15) is 33.4 Å². The number of nitrogens with zero attached hydrogens (tertiary/aromatic N) is 2. The molecule has 25 heavy (non-hydrogen) atoms.